The molecule has 0 amide bonds. The Morgan fingerprint density at radius 3 is 1.68 bits per heavy atom. The fraction of sp³-hybridized carbons (Fsp3) is 0. The van der Waals surface area contributed by atoms with E-state index in [1.165, 1.54) is 20.2 Å². The zero-order valence-electron chi connectivity index (χ0n) is 10.1. The second-order valence-corrected chi connectivity index (χ2v) is 6.37. The molecule has 4 aromatic rings. The van der Waals surface area contributed by atoms with Crippen LogP contribution < -0.4 is 5.32 Å². The Labute approximate surface area is 119 Å². The van der Waals surface area contributed by atoms with E-state index in [4.69, 9.17) is 0 Å². The molecule has 2 aromatic carbocycles. The molecule has 1 N–H and O–H groups in total. The summed E-state index contributed by atoms with van der Waals surface area (Å²) in [4.78, 5) is 0. The molecular weight excluding hydrogens is 270 g/mol. The maximum absolute atomic E-state index is 3.48. The topological polar surface area (TPSA) is 12.0 Å². The van der Waals surface area contributed by atoms with Gasteiger partial charge in [-0.2, -0.15) is 0 Å². The number of anilines is 2. The molecule has 0 aliphatic rings. The van der Waals surface area contributed by atoms with Gasteiger partial charge in [-0.3, -0.25) is 0 Å². The summed E-state index contributed by atoms with van der Waals surface area (Å²) in [6.07, 6.45) is 0. The Morgan fingerprint density at radius 1 is 0.632 bits per heavy atom. The summed E-state index contributed by atoms with van der Waals surface area (Å²) in [7, 11) is 0. The first-order chi connectivity index (χ1) is 9.38. The highest BCUT2D eigenvalue weighted by Crippen LogP contribution is 2.28. The zero-order valence-corrected chi connectivity index (χ0v) is 11.7. The second kappa shape index (κ2) is 4.37. The van der Waals surface area contributed by atoms with Crippen LogP contribution in [0.3, 0.4) is 0 Å². The molecule has 92 valence electrons. The van der Waals surface area contributed by atoms with Gasteiger partial charge in [-0.1, -0.05) is 0 Å². The van der Waals surface area contributed by atoms with E-state index >= 15 is 0 Å². The van der Waals surface area contributed by atoms with Crippen molar-refractivity contribution in [2.45, 2.75) is 0 Å². The van der Waals surface area contributed by atoms with Crippen LogP contribution in [0, 0.1) is 0 Å². The quantitative estimate of drug-likeness (QED) is 0.485. The van der Waals surface area contributed by atoms with Crippen molar-refractivity contribution in [2.75, 3.05) is 5.32 Å². The monoisotopic (exact) mass is 281 g/mol. The molecule has 2 aromatic heterocycles. The lowest BCUT2D eigenvalue weighted by Crippen LogP contribution is -1.88. The first-order valence-electron chi connectivity index (χ1n) is 6.10. The van der Waals surface area contributed by atoms with Gasteiger partial charge in [0.25, 0.3) is 0 Å². The molecule has 1 nitrogen and oxygen atoms in total. The molecule has 0 unspecified atom stereocenters. The van der Waals surface area contributed by atoms with Crippen molar-refractivity contribution in [1.29, 1.82) is 0 Å². The number of hydrogen-bond acceptors (Lipinski definition) is 3. The minimum Gasteiger partial charge on any atom is -0.355 e. The van der Waals surface area contributed by atoms with Crippen molar-refractivity contribution in [3.63, 3.8) is 0 Å². The molecule has 0 saturated heterocycles. The Bertz CT molecular complexity index is 785. The summed E-state index contributed by atoms with van der Waals surface area (Å²) < 4.78 is 2.66. The molecule has 4 rings (SSSR count). The van der Waals surface area contributed by atoms with Gasteiger partial charge in [-0.15, -0.1) is 22.7 Å². The summed E-state index contributed by atoms with van der Waals surface area (Å²) in [6, 6.07) is 17.3. The van der Waals surface area contributed by atoms with E-state index in [1.807, 2.05) is 0 Å². The van der Waals surface area contributed by atoms with Crippen molar-refractivity contribution in [1.82, 2.24) is 0 Å². The number of benzene rings is 2. The van der Waals surface area contributed by atoms with Gasteiger partial charge in [0.05, 0.1) is 0 Å². The Kier molecular flexibility index (Phi) is 2.53. The standard InChI is InChI=1S/C16H11NS2/c1-3-15-11(5-7-18-15)9-13(1)17-14-2-4-16-12(10-14)6-8-19-16/h1-10,17H. The largest absolute Gasteiger partial charge is 0.355 e. The van der Waals surface area contributed by atoms with E-state index in [0.717, 1.165) is 11.4 Å². The summed E-state index contributed by atoms with van der Waals surface area (Å²) in [5, 5.41) is 10.3. The minimum atomic E-state index is 1.14. The predicted octanol–water partition coefficient (Wildman–Crippen LogP) is 5.86. The lowest BCUT2D eigenvalue weighted by Gasteiger charge is -2.06. The van der Waals surface area contributed by atoms with Crippen LogP contribution in [-0.4, -0.2) is 0 Å². The SMILES string of the molecule is c1cc2cc(Nc3ccc4sccc4c3)ccc2s1. The van der Waals surface area contributed by atoms with Crippen LogP contribution in [0.25, 0.3) is 20.2 Å². The summed E-state index contributed by atoms with van der Waals surface area (Å²) in [5.74, 6) is 0. The van der Waals surface area contributed by atoms with Crippen LogP contribution in [0.4, 0.5) is 11.4 Å². The lowest BCUT2D eigenvalue weighted by molar-refractivity contribution is 1.60. The van der Waals surface area contributed by atoms with E-state index < -0.39 is 0 Å². The normalized spacial score (nSPS) is 11.2. The summed E-state index contributed by atoms with van der Waals surface area (Å²) in [5.41, 5.74) is 2.28. The Hall–Kier alpha value is -1.84. The lowest BCUT2D eigenvalue weighted by atomic mass is 10.2. The molecule has 0 radical (unpaired) electrons. The van der Waals surface area contributed by atoms with E-state index in [1.54, 1.807) is 22.7 Å². The maximum Gasteiger partial charge on any atom is 0.0391 e. The summed E-state index contributed by atoms with van der Waals surface area (Å²) >= 11 is 3.56. The zero-order chi connectivity index (χ0) is 12.7. The third-order valence-corrected chi connectivity index (χ3v) is 4.99. The maximum atomic E-state index is 3.48. The number of rotatable bonds is 2. The van der Waals surface area contributed by atoms with E-state index in [9.17, 15) is 0 Å². The molecule has 3 heteroatoms. The molecule has 0 aliphatic carbocycles. The van der Waals surface area contributed by atoms with Crippen LogP contribution in [-0.2, 0) is 0 Å². The van der Waals surface area contributed by atoms with Crippen molar-refractivity contribution < 1.29 is 0 Å². The average molecular weight is 281 g/mol. The third-order valence-electron chi connectivity index (χ3n) is 3.19. The Morgan fingerprint density at radius 2 is 1.16 bits per heavy atom. The van der Waals surface area contributed by atoms with Gasteiger partial charge in [0.2, 0.25) is 0 Å². The molecule has 0 spiro atoms. The van der Waals surface area contributed by atoms with Crippen LogP contribution in [0.5, 0.6) is 0 Å². The molecule has 0 atom stereocenters. The number of hydrogen-bond donors (Lipinski definition) is 1. The van der Waals surface area contributed by atoms with E-state index in [0.29, 0.717) is 0 Å². The highest BCUT2D eigenvalue weighted by Gasteiger charge is 2.00. The molecule has 0 saturated carbocycles. The van der Waals surface area contributed by atoms with Gasteiger partial charge in [0, 0.05) is 20.8 Å². The van der Waals surface area contributed by atoms with Gasteiger partial charge in [-0.05, 0) is 70.1 Å². The van der Waals surface area contributed by atoms with Crippen LogP contribution >= 0.6 is 22.7 Å². The van der Waals surface area contributed by atoms with E-state index in [2.05, 4.69) is 64.6 Å². The average Bonchev–Trinajstić information content (AvgIpc) is 3.05. The van der Waals surface area contributed by atoms with E-state index in [-0.39, 0.29) is 0 Å². The fourth-order valence-corrected chi connectivity index (χ4v) is 3.80. The number of fused-ring (bicyclic) bond motifs is 2. The van der Waals surface area contributed by atoms with Crippen molar-refractivity contribution in [3.8, 4) is 0 Å². The smallest absolute Gasteiger partial charge is 0.0391 e. The van der Waals surface area contributed by atoms with Crippen molar-refractivity contribution in [2.24, 2.45) is 0 Å². The van der Waals surface area contributed by atoms with Crippen LogP contribution in [0.2, 0.25) is 0 Å². The number of nitrogens with one attached hydrogen (secondary N) is 1. The highest BCUT2D eigenvalue weighted by atomic mass is 32.1. The molecule has 2 heterocycles. The molecule has 0 aliphatic heterocycles. The fourth-order valence-electron chi connectivity index (χ4n) is 2.26. The van der Waals surface area contributed by atoms with Crippen LogP contribution in [0.1, 0.15) is 0 Å². The van der Waals surface area contributed by atoms with Crippen molar-refractivity contribution in [3.05, 3.63) is 59.3 Å². The third kappa shape index (κ3) is 2.01. The van der Waals surface area contributed by atoms with Crippen LogP contribution in [0.15, 0.2) is 59.3 Å². The molecule has 19 heavy (non-hydrogen) atoms. The highest BCUT2D eigenvalue weighted by molar-refractivity contribution is 7.17. The minimum absolute atomic E-state index is 1.14. The van der Waals surface area contributed by atoms with Gasteiger partial charge >= 0.3 is 0 Å². The van der Waals surface area contributed by atoms with Crippen molar-refractivity contribution >= 4 is 54.2 Å². The number of thiophene rings is 2. The van der Waals surface area contributed by atoms with Gasteiger partial charge in [-0.25, -0.2) is 0 Å². The van der Waals surface area contributed by atoms with Gasteiger partial charge < -0.3 is 5.32 Å². The molecule has 0 bridgehead atoms. The predicted molar refractivity (Wildman–Crippen MR) is 86.9 cm³/mol. The first-order valence-corrected chi connectivity index (χ1v) is 7.86. The molecule has 0 fully saturated rings. The first kappa shape index (κ1) is 11.0. The van der Waals surface area contributed by atoms with Gasteiger partial charge in [0.15, 0.2) is 0 Å². The second-order valence-electron chi connectivity index (χ2n) is 4.47. The molecular formula is C16H11NS2. The van der Waals surface area contributed by atoms with Gasteiger partial charge in [0.1, 0.15) is 0 Å². The Balaban J connectivity index is 1.72. The summed E-state index contributed by atoms with van der Waals surface area (Å²) in [6.45, 7) is 0.